The van der Waals surface area contributed by atoms with Crippen LogP contribution in [0.3, 0.4) is 0 Å². The van der Waals surface area contributed by atoms with Gasteiger partial charge in [0.05, 0.1) is 27.5 Å². The average Bonchev–Trinajstić information content (AvgIpc) is 3.25. The van der Waals surface area contributed by atoms with Gasteiger partial charge < -0.3 is 10.6 Å². The minimum absolute atomic E-state index is 0.0575. The summed E-state index contributed by atoms with van der Waals surface area (Å²) in [6.45, 7) is 0. The van der Waals surface area contributed by atoms with E-state index in [1.54, 1.807) is 24.3 Å². The number of carbonyl (C=O) groups excluding carboxylic acids is 2. The molecule has 1 saturated heterocycles. The fourth-order valence-electron chi connectivity index (χ4n) is 3.19. The van der Waals surface area contributed by atoms with Gasteiger partial charge in [0.2, 0.25) is 0 Å². The number of carbonyl (C=O) groups is 2. The zero-order chi connectivity index (χ0) is 19.7. The van der Waals surface area contributed by atoms with Crippen LogP contribution in [0.1, 0.15) is 27.3 Å². The number of para-hydroxylation sites is 1. The second-order valence-corrected chi connectivity index (χ2v) is 9.63. The number of anilines is 1. The molecule has 2 heterocycles. The number of hydrogen-bond acceptors (Lipinski definition) is 6. The third kappa shape index (κ3) is 3.76. The molecule has 4 rings (SSSR count). The molecular weight excluding hydrogens is 398 g/mol. The largest absolute Gasteiger partial charge is 0.348 e. The summed E-state index contributed by atoms with van der Waals surface area (Å²) < 4.78 is 28.3. The number of benzene rings is 2. The predicted molar refractivity (Wildman–Crippen MR) is 109 cm³/mol. The fourth-order valence-corrected chi connectivity index (χ4v) is 5.64. The van der Waals surface area contributed by atoms with Crippen molar-refractivity contribution in [2.75, 3.05) is 16.8 Å². The number of rotatable bonds is 4. The summed E-state index contributed by atoms with van der Waals surface area (Å²) in [5.74, 6) is -0.798. The summed E-state index contributed by atoms with van der Waals surface area (Å²) >= 11 is 1.24. The van der Waals surface area contributed by atoms with Crippen LogP contribution in [-0.2, 0) is 9.84 Å². The normalized spacial score (nSPS) is 18.1. The third-order valence-corrected chi connectivity index (χ3v) is 7.17. The van der Waals surface area contributed by atoms with Crippen molar-refractivity contribution >= 4 is 49.0 Å². The zero-order valence-electron chi connectivity index (χ0n) is 14.7. The lowest BCUT2D eigenvalue weighted by atomic mass is 10.1. The second kappa shape index (κ2) is 7.33. The van der Waals surface area contributed by atoms with Crippen molar-refractivity contribution in [2.24, 2.45) is 0 Å². The van der Waals surface area contributed by atoms with Gasteiger partial charge in [-0.2, -0.15) is 4.37 Å². The van der Waals surface area contributed by atoms with Crippen molar-refractivity contribution in [2.45, 2.75) is 12.5 Å². The number of sulfone groups is 1. The SMILES string of the molecule is O=C(N[C@@H]1CCS(=O)(=O)C1)c1ccccc1NC(=O)c1nsc2ccccc12. The molecule has 0 radical (unpaired) electrons. The first-order chi connectivity index (χ1) is 13.4. The summed E-state index contributed by atoms with van der Waals surface area (Å²) in [6.07, 6.45) is 0.396. The number of fused-ring (bicyclic) bond motifs is 1. The number of amides is 2. The number of hydrogen-bond donors (Lipinski definition) is 2. The van der Waals surface area contributed by atoms with Crippen LogP contribution in [0.25, 0.3) is 10.1 Å². The Morgan fingerprint density at radius 3 is 2.57 bits per heavy atom. The third-order valence-electron chi connectivity index (χ3n) is 4.58. The van der Waals surface area contributed by atoms with Gasteiger partial charge in [-0.05, 0) is 36.2 Å². The Balaban J connectivity index is 1.54. The smallest absolute Gasteiger partial charge is 0.276 e. The Kier molecular flexibility index (Phi) is 4.86. The molecule has 2 N–H and O–H groups in total. The van der Waals surface area contributed by atoms with Gasteiger partial charge in [0.25, 0.3) is 11.8 Å². The Morgan fingerprint density at radius 2 is 1.79 bits per heavy atom. The first kappa shape index (κ1) is 18.6. The van der Waals surface area contributed by atoms with Gasteiger partial charge in [0.15, 0.2) is 9.84 Å². The second-order valence-electron chi connectivity index (χ2n) is 6.60. The van der Waals surface area contributed by atoms with E-state index in [2.05, 4.69) is 15.0 Å². The quantitative estimate of drug-likeness (QED) is 0.681. The van der Waals surface area contributed by atoms with E-state index in [0.717, 1.165) is 10.1 Å². The van der Waals surface area contributed by atoms with E-state index in [-0.39, 0.29) is 17.1 Å². The van der Waals surface area contributed by atoms with Crippen molar-refractivity contribution in [3.8, 4) is 0 Å². The van der Waals surface area contributed by atoms with Crippen LogP contribution in [-0.4, -0.2) is 42.2 Å². The highest BCUT2D eigenvalue weighted by atomic mass is 32.2. The number of nitrogens with one attached hydrogen (secondary N) is 2. The molecule has 28 heavy (non-hydrogen) atoms. The maximum Gasteiger partial charge on any atom is 0.276 e. The first-order valence-electron chi connectivity index (χ1n) is 8.69. The van der Waals surface area contributed by atoms with Crippen LogP contribution >= 0.6 is 11.5 Å². The lowest BCUT2D eigenvalue weighted by Crippen LogP contribution is -2.36. The molecule has 1 aromatic heterocycles. The molecule has 9 heteroatoms. The molecule has 2 aromatic carbocycles. The Bertz CT molecular complexity index is 1170. The summed E-state index contributed by atoms with van der Waals surface area (Å²) in [7, 11) is -3.09. The topological polar surface area (TPSA) is 105 Å². The standard InChI is InChI=1S/C19H17N3O4S2/c23-18(20-12-9-10-28(25,26)11-12)13-5-1-3-7-15(13)21-19(24)17-14-6-2-4-8-16(14)27-22-17/h1-8,12H,9-11H2,(H,20,23)(H,21,24)/t12-/m1/s1. The summed E-state index contributed by atoms with van der Waals surface area (Å²) in [6, 6.07) is 13.6. The van der Waals surface area contributed by atoms with Gasteiger partial charge >= 0.3 is 0 Å². The predicted octanol–water partition coefficient (Wildman–Crippen LogP) is 2.47. The molecular formula is C19H17N3O4S2. The van der Waals surface area contributed by atoms with Crippen molar-refractivity contribution < 1.29 is 18.0 Å². The molecule has 0 bridgehead atoms. The van der Waals surface area contributed by atoms with Crippen molar-refractivity contribution in [3.63, 3.8) is 0 Å². The van der Waals surface area contributed by atoms with E-state index in [9.17, 15) is 18.0 Å². The molecule has 3 aromatic rings. The Morgan fingerprint density at radius 1 is 1.04 bits per heavy atom. The summed E-state index contributed by atoms with van der Waals surface area (Å²) in [4.78, 5) is 25.4. The van der Waals surface area contributed by atoms with E-state index >= 15 is 0 Å². The monoisotopic (exact) mass is 415 g/mol. The van der Waals surface area contributed by atoms with E-state index in [1.807, 2.05) is 24.3 Å². The first-order valence-corrected chi connectivity index (χ1v) is 11.3. The lowest BCUT2D eigenvalue weighted by molar-refractivity contribution is 0.0942. The minimum Gasteiger partial charge on any atom is -0.348 e. The summed E-state index contributed by atoms with van der Waals surface area (Å²) in [5, 5.41) is 6.25. The number of nitrogens with zero attached hydrogens (tertiary/aromatic N) is 1. The van der Waals surface area contributed by atoms with Crippen molar-refractivity contribution in [1.82, 2.24) is 9.69 Å². The molecule has 1 aliphatic rings. The molecule has 0 unspecified atom stereocenters. The van der Waals surface area contributed by atoms with Crippen LogP contribution < -0.4 is 10.6 Å². The van der Waals surface area contributed by atoms with E-state index in [1.165, 1.54) is 11.5 Å². The van der Waals surface area contributed by atoms with Crippen molar-refractivity contribution in [1.29, 1.82) is 0 Å². The van der Waals surface area contributed by atoms with Gasteiger partial charge in [-0.3, -0.25) is 9.59 Å². The lowest BCUT2D eigenvalue weighted by Gasteiger charge is -2.14. The molecule has 1 fully saturated rings. The van der Waals surface area contributed by atoms with Gasteiger partial charge in [-0.15, -0.1) is 0 Å². The highest BCUT2D eigenvalue weighted by Gasteiger charge is 2.29. The van der Waals surface area contributed by atoms with Crippen LogP contribution in [0.4, 0.5) is 5.69 Å². The molecule has 144 valence electrons. The molecule has 0 saturated carbocycles. The van der Waals surface area contributed by atoms with Crippen LogP contribution in [0.5, 0.6) is 0 Å². The maximum absolute atomic E-state index is 12.7. The molecule has 1 aliphatic heterocycles. The van der Waals surface area contributed by atoms with E-state index in [4.69, 9.17) is 0 Å². The maximum atomic E-state index is 12.7. The highest BCUT2D eigenvalue weighted by Crippen LogP contribution is 2.24. The van der Waals surface area contributed by atoms with Gasteiger partial charge in [0, 0.05) is 11.4 Å². The van der Waals surface area contributed by atoms with Gasteiger partial charge in [0.1, 0.15) is 5.69 Å². The average molecular weight is 415 g/mol. The van der Waals surface area contributed by atoms with Crippen LogP contribution in [0.2, 0.25) is 0 Å². The fraction of sp³-hybridized carbons (Fsp3) is 0.211. The van der Waals surface area contributed by atoms with Gasteiger partial charge in [-0.25, -0.2) is 8.42 Å². The zero-order valence-corrected chi connectivity index (χ0v) is 16.3. The molecule has 0 aliphatic carbocycles. The van der Waals surface area contributed by atoms with Crippen LogP contribution in [0, 0.1) is 0 Å². The van der Waals surface area contributed by atoms with E-state index < -0.39 is 27.7 Å². The van der Waals surface area contributed by atoms with Crippen LogP contribution in [0.15, 0.2) is 48.5 Å². The highest BCUT2D eigenvalue weighted by molar-refractivity contribution is 7.91. The molecule has 0 spiro atoms. The van der Waals surface area contributed by atoms with Crippen molar-refractivity contribution in [3.05, 3.63) is 59.8 Å². The Hall–Kier alpha value is -2.78. The van der Waals surface area contributed by atoms with E-state index in [0.29, 0.717) is 17.8 Å². The number of aromatic nitrogens is 1. The molecule has 7 nitrogen and oxygen atoms in total. The molecule has 2 amide bonds. The van der Waals surface area contributed by atoms with Gasteiger partial charge in [-0.1, -0.05) is 30.3 Å². The summed E-state index contributed by atoms with van der Waals surface area (Å²) in [5.41, 5.74) is 0.931. The molecule has 1 atom stereocenters. The Labute approximate surface area is 165 Å². The minimum atomic E-state index is -3.09.